The van der Waals surface area contributed by atoms with Gasteiger partial charge in [0.1, 0.15) is 0 Å². The van der Waals surface area contributed by atoms with Crippen molar-refractivity contribution >= 4 is 12.6 Å². The average molecular weight is 282 g/mol. The molecule has 0 amide bonds. The van der Waals surface area contributed by atoms with Crippen molar-refractivity contribution in [2.24, 2.45) is 0 Å². The maximum Gasteiger partial charge on any atom is 0.0101 e. The number of hydrogen-bond acceptors (Lipinski definition) is 0. The first-order valence-electron chi connectivity index (χ1n) is 8.51. The van der Waals surface area contributed by atoms with Crippen LogP contribution in [-0.2, 0) is 0 Å². The van der Waals surface area contributed by atoms with Crippen LogP contribution in [0.1, 0.15) is 103 Å². The predicted molar refractivity (Wildman–Crippen MR) is 90.3 cm³/mol. The second-order valence-corrected chi connectivity index (χ2v) is 5.83. The number of unbranched alkanes of at least 4 members (excludes halogenated alkanes) is 14. The highest BCUT2D eigenvalue weighted by atomic mass is 32.1. The molecule has 0 unspecified atom stereocenters. The molecule has 0 spiro atoms. The molecular formula is C18H33S. The van der Waals surface area contributed by atoms with Crippen molar-refractivity contribution in [2.45, 2.75) is 103 Å². The van der Waals surface area contributed by atoms with Crippen LogP contribution >= 0.6 is 12.6 Å². The summed E-state index contributed by atoms with van der Waals surface area (Å²) < 4.78 is 0. The molecule has 0 aromatic heterocycles. The third-order valence-electron chi connectivity index (χ3n) is 3.73. The van der Waals surface area contributed by atoms with Crippen molar-refractivity contribution < 1.29 is 0 Å². The van der Waals surface area contributed by atoms with Gasteiger partial charge in [0.2, 0.25) is 0 Å². The van der Waals surface area contributed by atoms with Crippen LogP contribution in [0.15, 0.2) is 0 Å². The molecule has 111 valence electrons. The minimum atomic E-state index is 1.00. The SMILES string of the molecule is CCCCCCCCCCCCCCCCC#C[S]. The summed E-state index contributed by atoms with van der Waals surface area (Å²) in [5.41, 5.74) is 0. The van der Waals surface area contributed by atoms with Gasteiger partial charge in [-0.05, 0) is 19.0 Å². The Hall–Kier alpha value is -0.220. The van der Waals surface area contributed by atoms with Gasteiger partial charge >= 0.3 is 0 Å². The molecule has 0 nitrogen and oxygen atoms in total. The maximum absolute atomic E-state index is 4.59. The van der Waals surface area contributed by atoms with Gasteiger partial charge in [-0.15, -0.1) is 0 Å². The quantitative estimate of drug-likeness (QED) is 0.237. The summed E-state index contributed by atoms with van der Waals surface area (Å²) in [5.74, 6) is 2.96. The lowest BCUT2D eigenvalue weighted by atomic mass is 10.0. The molecule has 0 aromatic rings. The van der Waals surface area contributed by atoms with Gasteiger partial charge in [0.25, 0.3) is 0 Å². The molecule has 0 aliphatic carbocycles. The lowest BCUT2D eigenvalue weighted by Crippen LogP contribution is -1.83. The molecule has 0 saturated carbocycles. The summed E-state index contributed by atoms with van der Waals surface area (Å²) >= 11 is 4.59. The molecule has 0 aliphatic heterocycles. The fourth-order valence-electron chi connectivity index (χ4n) is 2.46. The van der Waals surface area contributed by atoms with E-state index in [4.69, 9.17) is 0 Å². The Morgan fingerprint density at radius 3 is 1.32 bits per heavy atom. The smallest absolute Gasteiger partial charge is 0.0101 e. The second-order valence-electron chi connectivity index (χ2n) is 5.63. The summed E-state index contributed by atoms with van der Waals surface area (Å²) in [7, 11) is 0. The van der Waals surface area contributed by atoms with E-state index in [1.165, 1.54) is 89.9 Å². The van der Waals surface area contributed by atoms with Gasteiger partial charge in [-0.25, -0.2) is 0 Å². The second kappa shape index (κ2) is 17.8. The molecule has 0 aliphatic rings. The fraction of sp³-hybridized carbons (Fsp3) is 0.889. The molecule has 19 heavy (non-hydrogen) atoms. The summed E-state index contributed by atoms with van der Waals surface area (Å²) in [4.78, 5) is 0. The minimum absolute atomic E-state index is 1.00. The van der Waals surface area contributed by atoms with Crippen molar-refractivity contribution in [1.29, 1.82) is 0 Å². The molecule has 0 heterocycles. The normalized spacial score (nSPS) is 10.2. The molecule has 0 rings (SSSR count). The zero-order valence-corrected chi connectivity index (χ0v) is 13.8. The molecule has 1 heteroatoms. The van der Waals surface area contributed by atoms with E-state index >= 15 is 0 Å². The van der Waals surface area contributed by atoms with Crippen molar-refractivity contribution in [1.82, 2.24) is 0 Å². The summed E-state index contributed by atoms with van der Waals surface area (Å²) in [6.07, 6.45) is 20.8. The Kier molecular flexibility index (Phi) is 17.6. The highest BCUT2D eigenvalue weighted by Crippen LogP contribution is 2.13. The van der Waals surface area contributed by atoms with Gasteiger partial charge in [0.05, 0.1) is 0 Å². The molecule has 1 radical (unpaired) electrons. The fourth-order valence-corrected chi connectivity index (χ4v) is 2.56. The monoisotopic (exact) mass is 281 g/mol. The topological polar surface area (TPSA) is 0 Å². The van der Waals surface area contributed by atoms with Gasteiger partial charge in [0.15, 0.2) is 0 Å². The van der Waals surface area contributed by atoms with Crippen molar-refractivity contribution in [3.8, 4) is 11.2 Å². The Balaban J connectivity index is 2.92. The van der Waals surface area contributed by atoms with Crippen LogP contribution in [0.3, 0.4) is 0 Å². The highest BCUT2D eigenvalue weighted by Gasteiger charge is 1.93. The lowest BCUT2D eigenvalue weighted by molar-refractivity contribution is 0.536. The van der Waals surface area contributed by atoms with E-state index in [9.17, 15) is 0 Å². The van der Waals surface area contributed by atoms with Crippen molar-refractivity contribution in [3.63, 3.8) is 0 Å². The molecule has 0 saturated heterocycles. The van der Waals surface area contributed by atoms with Crippen LogP contribution in [0, 0.1) is 11.2 Å². The van der Waals surface area contributed by atoms with Crippen LogP contribution in [0.4, 0.5) is 0 Å². The van der Waals surface area contributed by atoms with Crippen LogP contribution in [-0.4, -0.2) is 0 Å². The first kappa shape index (κ1) is 18.8. The van der Waals surface area contributed by atoms with Crippen molar-refractivity contribution in [2.75, 3.05) is 0 Å². The Labute approximate surface area is 127 Å². The molecule has 0 N–H and O–H groups in total. The van der Waals surface area contributed by atoms with Gasteiger partial charge in [0, 0.05) is 11.7 Å². The zero-order valence-electron chi connectivity index (χ0n) is 13.0. The minimum Gasteiger partial charge on any atom is -0.0865 e. The number of rotatable bonds is 14. The van der Waals surface area contributed by atoms with Crippen molar-refractivity contribution in [3.05, 3.63) is 0 Å². The molecule has 0 bridgehead atoms. The lowest BCUT2D eigenvalue weighted by Gasteiger charge is -2.02. The van der Waals surface area contributed by atoms with Gasteiger partial charge in [-0.3, -0.25) is 0 Å². The van der Waals surface area contributed by atoms with E-state index in [0.29, 0.717) is 0 Å². The molecule has 0 atom stereocenters. The standard InChI is InChI=1S/C18H33S/c1-2-3-4-5-6-7-8-9-10-11-12-13-14-15-16-17-18-19/h2-16H2,1H3. The van der Waals surface area contributed by atoms with Gasteiger partial charge < -0.3 is 0 Å². The first-order valence-corrected chi connectivity index (χ1v) is 8.92. The third-order valence-corrected chi connectivity index (χ3v) is 3.87. The zero-order chi connectivity index (χ0) is 14.0. The Morgan fingerprint density at radius 2 is 0.947 bits per heavy atom. The Morgan fingerprint density at radius 1 is 0.579 bits per heavy atom. The average Bonchev–Trinajstić information content (AvgIpc) is 2.43. The molecule has 0 aromatic carbocycles. The number of hydrogen-bond donors (Lipinski definition) is 0. The van der Waals surface area contributed by atoms with Crippen LogP contribution in [0.5, 0.6) is 0 Å². The van der Waals surface area contributed by atoms with Crippen LogP contribution in [0.25, 0.3) is 0 Å². The van der Waals surface area contributed by atoms with Gasteiger partial charge in [-0.1, -0.05) is 96.3 Å². The maximum atomic E-state index is 4.59. The largest absolute Gasteiger partial charge is 0.0865 e. The molecular weight excluding hydrogens is 248 g/mol. The van der Waals surface area contributed by atoms with E-state index in [2.05, 4.69) is 30.7 Å². The third kappa shape index (κ3) is 17.8. The van der Waals surface area contributed by atoms with E-state index in [1.807, 2.05) is 0 Å². The summed E-state index contributed by atoms with van der Waals surface area (Å²) in [5, 5.41) is 2.55. The highest BCUT2D eigenvalue weighted by molar-refractivity contribution is 7.85. The Bertz CT molecular complexity index is 211. The summed E-state index contributed by atoms with van der Waals surface area (Å²) in [6, 6.07) is 0. The predicted octanol–water partition coefficient (Wildman–Crippen LogP) is 7.02. The molecule has 0 fully saturated rings. The van der Waals surface area contributed by atoms with Crippen LogP contribution in [0.2, 0.25) is 0 Å². The van der Waals surface area contributed by atoms with Gasteiger partial charge in [-0.2, -0.15) is 0 Å². The van der Waals surface area contributed by atoms with E-state index < -0.39 is 0 Å². The van der Waals surface area contributed by atoms with Crippen LogP contribution < -0.4 is 0 Å². The first-order chi connectivity index (χ1) is 9.41. The van der Waals surface area contributed by atoms with E-state index in [-0.39, 0.29) is 0 Å². The van der Waals surface area contributed by atoms with E-state index in [0.717, 1.165) is 6.42 Å². The summed E-state index contributed by atoms with van der Waals surface area (Å²) in [6.45, 7) is 2.28. The van der Waals surface area contributed by atoms with E-state index in [1.54, 1.807) is 0 Å².